The van der Waals surface area contributed by atoms with Gasteiger partial charge in [0.2, 0.25) is 0 Å². The van der Waals surface area contributed by atoms with E-state index in [4.69, 9.17) is 22.1 Å². The highest BCUT2D eigenvalue weighted by molar-refractivity contribution is 7.98. The maximum absolute atomic E-state index is 11.3. The molecule has 2 N–H and O–H groups in total. The minimum atomic E-state index is -0.537. The van der Waals surface area contributed by atoms with Crippen molar-refractivity contribution in [3.63, 3.8) is 0 Å². The van der Waals surface area contributed by atoms with Crippen LogP contribution in [0.4, 0.5) is 0 Å². The standard InChI is InChI=1S/C12H17ClN2O2S/c1-2-17-12(16)11(14)4-6-18-8-9-3-5-15-7-10(9)13/h3,5,7,11H,2,4,6,8,14H2,1H3. The largest absolute Gasteiger partial charge is 0.465 e. The summed E-state index contributed by atoms with van der Waals surface area (Å²) in [4.78, 5) is 15.2. The van der Waals surface area contributed by atoms with Crippen molar-refractivity contribution in [3.8, 4) is 0 Å². The number of pyridine rings is 1. The molecule has 0 aliphatic carbocycles. The number of thioether (sulfide) groups is 1. The fourth-order valence-corrected chi connectivity index (χ4v) is 2.58. The number of carbonyl (C=O) groups is 1. The third-order valence-electron chi connectivity index (χ3n) is 2.28. The molecule has 1 unspecified atom stereocenters. The van der Waals surface area contributed by atoms with Crippen molar-refractivity contribution in [2.75, 3.05) is 12.4 Å². The van der Waals surface area contributed by atoms with Crippen LogP contribution in [0.1, 0.15) is 18.9 Å². The number of hydrogen-bond donors (Lipinski definition) is 1. The molecule has 0 fully saturated rings. The molecule has 0 bridgehead atoms. The predicted molar refractivity (Wildman–Crippen MR) is 74.6 cm³/mol. The lowest BCUT2D eigenvalue weighted by molar-refractivity contribution is -0.144. The third-order valence-corrected chi connectivity index (χ3v) is 3.66. The minimum absolute atomic E-state index is 0.333. The molecule has 18 heavy (non-hydrogen) atoms. The average Bonchev–Trinajstić information content (AvgIpc) is 2.36. The summed E-state index contributed by atoms with van der Waals surface area (Å²) in [6.45, 7) is 2.14. The van der Waals surface area contributed by atoms with Crippen LogP contribution < -0.4 is 5.73 Å². The van der Waals surface area contributed by atoms with Crippen molar-refractivity contribution in [2.45, 2.75) is 25.1 Å². The number of halogens is 1. The fraction of sp³-hybridized carbons (Fsp3) is 0.500. The summed E-state index contributed by atoms with van der Waals surface area (Å²) in [5.74, 6) is 1.25. The predicted octanol–water partition coefficient (Wildman–Crippen LogP) is 2.25. The first-order valence-corrected chi connectivity index (χ1v) is 7.26. The van der Waals surface area contributed by atoms with E-state index in [-0.39, 0.29) is 5.97 Å². The lowest BCUT2D eigenvalue weighted by Gasteiger charge is -2.10. The van der Waals surface area contributed by atoms with Gasteiger partial charge in [-0.1, -0.05) is 11.6 Å². The van der Waals surface area contributed by atoms with Crippen LogP contribution in [0.25, 0.3) is 0 Å². The Morgan fingerprint density at radius 2 is 2.44 bits per heavy atom. The zero-order valence-electron chi connectivity index (χ0n) is 10.3. The summed E-state index contributed by atoms with van der Waals surface area (Å²) in [5.41, 5.74) is 6.73. The number of nitrogens with two attached hydrogens (primary N) is 1. The van der Waals surface area contributed by atoms with E-state index in [0.29, 0.717) is 18.1 Å². The summed E-state index contributed by atoms with van der Waals surface area (Å²) in [6.07, 6.45) is 3.94. The molecule has 0 spiro atoms. The van der Waals surface area contributed by atoms with Crippen LogP contribution in [-0.4, -0.2) is 29.4 Å². The van der Waals surface area contributed by atoms with E-state index in [0.717, 1.165) is 17.1 Å². The molecule has 0 amide bonds. The van der Waals surface area contributed by atoms with Gasteiger partial charge in [-0.2, -0.15) is 11.8 Å². The van der Waals surface area contributed by atoms with Gasteiger partial charge in [-0.3, -0.25) is 9.78 Å². The molecule has 100 valence electrons. The SMILES string of the molecule is CCOC(=O)C(N)CCSCc1ccncc1Cl. The second-order valence-corrected chi connectivity index (χ2v) is 5.18. The van der Waals surface area contributed by atoms with Crippen LogP contribution in [-0.2, 0) is 15.3 Å². The highest BCUT2D eigenvalue weighted by Crippen LogP contribution is 2.20. The average molecular weight is 289 g/mol. The highest BCUT2D eigenvalue weighted by Gasteiger charge is 2.13. The Labute approximate surface area is 116 Å². The van der Waals surface area contributed by atoms with Gasteiger partial charge >= 0.3 is 5.97 Å². The van der Waals surface area contributed by atoms with Gasteiger partial charge in [0.1, 0.15) is 6.04 Å². The molecule has 0 saturated heterocycles. The van der Waals surface area contributed by atoms with Gasteiger partial charge in [-0.15, -0.1) is 0 Å². The summed E-state index contributed by atoms with van der Waals surface area (Å²) in [5, 5.41) is 0.666. The van der Waals surface area contributed by atoms with Crippen LogP contribution in [0.2, 0.25) is 5.02 Å². The lowest BCUT2D eigenvalue weighted by Crippen LogP contribution is -2.32. The smallest absolute Gasteiger partial charge is 0.322 e. The van der Waals surface area contributed by atoms with Crippen LogP contribution in [0.5, 0.6) is 0 Å². The Bertz CT molecular complexity index is 390. The molecule has 1 rings (SSSR count). The van der Waals surface area contributed by atoms with Gasteiger partial charge in [0.15, 0.2) is 0 Å². The Morgan fingerprint density at radius 3 is 3.11 bits per heavy atom. The summed E-state index contributed by atoms with van der Waals surface area (Å²) >= 11 is 7.67. The number of hydrogen-bond acceptors (Lipinski definition) is 5. The molecule has 0 aliphatic heterocycles. The number of ether oxygens (including phenoxy) is 1. The molecule has 1 aromatic rings. The van der Waals surface area contributed by atoms with Crippen molar-refractivity contribution >= 4 is 29.3 Å². The summed E-state index contributed by atoms with van der Waals surface area (Å²) in [6, 6.07) is 1.35. The second kappa shape index (κ2) is 8.34. The molecule has 6 heteroatoms. The Kier molecular flexibility index (Phi) is 7.08. The fourth-order valence-electron chi connectivity index (χ4n) is 1.28. The van der Waals surface area contributed by atoms with Crippen molar-refractivity contribution in [2.24, 2.45) is 5.73 Å². The number of esters is 1. The molecule has 1 aromatic heterocycles. The van der Waals surface area contributed by atoms with E-state index in [1.54, 1.807) is 31.1 Å². The van der Waals surface area contributed by atoms with E-state index < -0.39 is 6.04 Å². The van der Waals surface area contributed by atoms with E-state index >= 15 is 0 Å². The number of rotatable bonds is 7. The highest BCUT2D eigenvalue weighted by atomic mass is 35.5. The molecule has 1 heterocycles. The molecule has 0 saturated carbocycles. The topological polar surface area (TPSA) is 65.2 Å². The molecule has 1 atom stereocenters. The van der Waals surface area contributed by atoms with Crippen molar-refractivity contribution < 1.29 is 9.53 Å². The van der Waals surface area contributed by atoms with E-state index in [1.807, 2.05) is 6.07 Å². The van der Waals surface area contributed by atoms with Crippen LogP contribution in [0.15, 0.2) is 18.5 Å². The molecular formula is C12H17ClN2O2S. The minimum Gasteiger partial charge on any atom is -0.465 e. The summed E-state index contributed by atoms with van der Waals surface area (Å²) in [7, 11) is 0. The molecular weight excluding hydrogens is 272 g/mol. The van der Waals surface area contributed by atoms with Gasteiger partial charge in [-0.25, -0.2) is 0 Å². The quantitative estimate of drug-likeness (QED) is 0.616. The Balaban J connectivity index is 2.23. The van der Waals surface area contributed by atoms with Crippen molar-refractivity contribution in [1.29, 1.82) is 0 Å². The van der Waals surface area contributed by atoms with Crippen molar-refractivity contribution in [3.05, 3.63) is 29.0 Å². The van der Waals surface area contributed by atoms with Crippen LogP contribution >= 0.6 is 23.4 Å². The lowest BCUT2D eigenvalue weighted by atomic mass is 10.2. The normalized spacial score (nSPS) is 12.2. The Hall–Kier alpha value is -0.780. The van der Waals surface area contributed by atoms with Crippen LogP contribution in [0, 0.1) is 0 Å². The summed E-state index contributed by atoms with van der Waals surface area (Å²) < 4.78 is 4.84. The first-order chi connectivity index (χ1) is 8.65. The third kappa shape index (κ3) is 5.25. The Morgan fingerprint density at radius 1 is 1.67 bits per heavy atom. The maximum atomic E-state index is 11.3. The molecule has 0 radical (unpaired) electrons. The van der Waals surface area contributed by atoms with E-state index in [9.17, 15) is 4.79 Å². The maximum Gasteiger partial charge on any atom is 0.322 e. The first kappa shape index (κ1) is 15.3. The van der Waals surface area contributed by atoms with Gasteiger partial charge in [0.05, 0.1) is 11.6 Å². The first-order valence-electron chi connectivity index (χ1n) is 5.73. The van der Waals surface area contributed by atoms with Gasteiger partial charge < -0.3 is 10.5 Å². The van der Waals surface area contributed by atoms with Crippen LogP contribution in [0.3, 0.4) is 0 Å². The number of aromatic nitrogens is 1. The number of nitrogens with zero attached hydrogens (tertiary/aromatic N) is 1. The molecule has 4 nitrogen and oxygen atoms in total. The van der Waals surface area contributed by atoms with E-state index in [2.05, 4.69) is 4.98 Å². The van der Waals surface area contributed by atoms with Gasteiger partial charge in [-0.05, 0) is 30.7 Å². The second-order valence-electron chi connectivity index (χ2n) is 3.67. The zero-order valence-corrected chi connectivity index (χ0v) is 11.8. The zero-order chi connectivity index (χ0) is 13.4. The van der Waals surface area contributed by atoms with E-state index in [1.165, 1.54) is 0 Å². The molecule has 0 aliphatic rings. The van der Waals surface area contributed by atoms with Gasteiger partial charge in [0.25, 0.3) is 0 Å². The van der Waals surface area contributed by atoms with Crippen molar-refractivity contribution in [1.82, 2.24) is 4.98 Å². The molecule has 0 aromatic carbocycles. The monoisotopic (exact) mass is 288 g/mol. The van der Waals surface area contributed by atoms with Gasteiger partial charge in [0, 0.05) is 18.1 Å². The number of carbonyl (C=O) groups excluding carboxylic acids is 1.